The van der Waals surface area contributed by atoms with E-state index < -0.39 is 32.5 Å². The van der Waals surface area contributed by atoms with Crippen LogP contribution in [0.4, 0.5) is 0 Å². The van der Waals surface area contributed by atoms with Crippen LogP contribution in [0.2, 0.25) is 0 Å². The molecule has 0 bridgehead atoms. The summed E-state index contributed by atoms with van der Waals surface area (Å²) in [4.78, 5) is 70.7. The van der Waals surface area contributed by atoms with Gasteiger partial charge in [0.1, 0.15) is 0 Å². The highest BCUT2D eigenvalue weighted by molar-refractivity contribution is 6.70. The molecule has 0 spiro atoms. The first-order chi connectivity index (χ1) is 13.0. The second-order valence-electron chi connectivity index (χ2n) is 5.35. The summed E-state index contributed by atoms with van der Waals surface area (Å²) < 4.78 is 0. The molecule has 2 rings (SSSR count). The lowest BCUT2D eigenvalue weighted by Gasteiger charge is -2.07. The van der Waals surface area contributed by atoms with Gasteiger partial charge in [-0.05, 0) is 82.8 Å². The van der Waals surface area contributed by atoms with Gasteiger partial charge in [-0.3, -0.25) is 28.8 Å². The molecule has 2 aromatic rings. The Morgan fingerprint density at radius 3 is 0.750 bits per heavy atom. The average molecular weight is 460 g/mol. The number of ketones is 2. The molecule has 0 saturated heterocycles. The van der Waals surface area contributed by atoms with Crippen LogP contribution in [0.25, 0.3) is 0 Å². The van der Waals surface area contributed by atoms with E-state index in [1.54, 1.807) is 0 Å². The van der Waals surface area contributed by atoms with E-state index in [9.17, 15) is 28.8 Å². The molecule has 0 radical (unpaired) electrons. The maximum absolute atomic E-state index is 12.6. The van der Waals surface area contributed by atoms with Gasteiger partial charge in [0.05, 0.1) is 0 Å². The number of halogens is 4. The Labute approximate surface area is 177 Å². The SMILES string of the molecule is O=C(Cl)c1cc(C(=O)Cl)cc(C(=O)C(=O)c2cc(C(=O)Cl)cc(C(=O)Cl)c2)c1. The van der Waals surface area contributed by atoms with E-state index in [-0.39, 0.29) is 33.4 Å². The second kappa shape index (κ2) is 8.75. The first-order valence-corrected chi connectivity index (χ1v) is 8.71. The number of carbonyl (C=O) groups excluding carboxylic acids is 6. The van der Waals surface area contributed by atoms with Gasteiger partial charge in [-0.2, -0.15) is 0 Å². The zero-order chi connectivity index (χ0) is 21.2. The van der Waals surface area contributed by atoms with Crippen LogP contribution in [-0.2, 0) is 0 Å². The Morgan fingerprint density at radius 2 is 0.571 bits per heavy atom. The Morgan fingerprint density at radius 1 is 0.393 bits per heavy atom. The summed E-state index contributed by atoms with van der Waals surface area (Å²) in [6.07, 6.45) is 0. The molecule has 0 aliphatic rings. The van der Waals surface area contributed by atoms with Crippen LogP contribution in [0.15, 0.2) is 36.4 Å². The fraction of sp³-hybridized carbons (Fsp3) is 0. The molecule has 142 valence electrons. The molecule has 6 nitrogen and oxygen atoms in total. The van der Waals surface area contributed by atoms with Gasteiger partial charge in [0.15, 0.2) is 0 Å². The fourth-order valence-corrected chi connectivity index (χ4v) is 2.67. The quantitative estimate of drug-likeness (QED) is 0.348. The smallest absolute Gasteiger partial charge is 0.252 e. The molecular weight excluding hydrogens is 454 g/mol. The zero-order valence-electron chi connectivity index (χ0n) is 13.4. The van der Waals surface area contributed by atoms with Crippen LogP contribution < -0.4 is 0 Å². The summed E-state index contributed by atoms with van der Waals surface area (Å²) in [5.41, 5.74) is -1.61. The maximum atomic E-state index is 12.6. The van der Waals surface area contributed by atoms with Crippen molar-refractivity contribution in [2.24, 2.45) is 0 Å². The minimum atomic E-state index is -1.15. The van der Waals surface area contributed by atoms with Gasteiger partial charge in [0, 0.05) is 33.4 Å². The number of hydrogen-bond acceptors (Lipinski definition) is 6. The molecule has 0 saturated carbocycles. The number of benzene rings is 2. The molecule has 0 N–H and O–H groups in total. The number of hydrogen-bond donors (Lipinski definition) is 0. The maximum Gasteiger partial charge on any atom is 0.252 e. The second-order valence-corrected chi connectivity index (χ2v) is 6.72. The lowest BCUT2D eigenvalue weighted by Crippen LogP contribution is -2.17. The normalized spacial score (nSPS) is 10.3. The molecule has 0 aromatic heterocycles. The van der Waals surface area contributed by atoms with E-state index in [1.165, 1.54) is 0 Å². The Balaban J connectivity index is 2.57. The van der Waals surface area contributed by atoms with Crippen molar-refractivity contribution < 1.29 is 28.8 Å². The van der Waals surface area contributed by atoms with Crippen molar-refractivity contribution in [3.63, 3.8) is 0 Å². The standard InChI is InChI=1S/C18H6Cl4O6/c19-15(25)9-1-7(2-10(5-9)16(20)26)13(23)14(24)8-3-11(17(21)27)6-12(4-8)18(22)28/h1-6H. The van der Waals surface area contributed by atoms with Gasteiger partial charge in [-0.1, -0.05) is 0 Å². The van der Waals surface area contributed by atoms with Crippen molar-refractivity contribution >= 4 is 78.9 Å². The summed E-state index contributed by atoms with van der Waals surface area (Å²) in [5.74, 6) is -2.29. The van der Waals surface area contributed by atoms with Crippen LogP contribution in [0.1, 0.15) is 62.1 Å². The van der Waals surface area contributed by atoms with Crippen LogP contribution in [0.5, 0.6) is 0 Å². The van der Waals surface area contributed by atoms with E-state index >= 15 is 0 Å². The third-order valence-electron chi connectivity index (χ3n) is 3.50. The van der Waals surface area contributed by atoms with Crippen molar-refractivity contribution in [3.05, 3.63) is 69.8 Å². The van der Waals surface area contributed by atoms with Crippen LogP contribution >= 0.6 is 46.4 Å². The fourth-order valence-electron chi connectivity index (χ4n) is 2.23. The van der Waals surface area contributed by atoms with E-state index in [2.05, 4.69) is 0 Å². The highest BCUT2D eigenvalue weighted by atomic mass is 35.5. The lowest BCUT2D eigenvalue weighted by atomic mass is 9.96. The first kappa shape index (κ1) is 21.9. The number of rotatable bonds is 7. The summed E-state index contributed by atoms with van der Waals surface area (Å²) in [5, 5.41) is -3.92. The van der Waals surface area contributed by atoms with E-state index in [0.717, 1.165) is 36.4 Å². The lowest BCUT2D eigenvalue weighted by molar-refractivity contribution is 0.0816. The molecule has 28 heavy (non-hydrogen) atoms. The topological polar surface area (TPSA) is 102 Å². The molecular formula is C18H6Cl4O6. The van der Waals surface area contributed by atoms with Gasteiger partial charge in [-0.15, -0.1) is 0 Å². The Kier molecular flexibility index (Phi) is 6.85. The van der Waals surface area contributed by atoms with Crippen molar-refractivity contribution in [3.8, 4) is 0 Å². The van der Waals surface area contributed by atoms with Crippen molar-refractivity contribution in [1.29, 1.82) is 0 Å². The summed E-state index contributed by atoms with van der Waals surface area (Å²) in [6, 6.07) is 6.13. The Hall–Kier alpha value is -2.38. The predicted molar refractivity (Wildman–Crippen MR) is 102 cm³/mol. The molecule has 0 heterocycles. The van der Waals surface area contributed by atoms with Gasteiger partial charge < -0.3 is 0 Å². The van der Waals surface area contributed by atoms with Crippen LogP contribution in [-0.4, -0.2) is 32.5 Å². The van der Waals surface area contributed by atoms with Crippen molar-refractivity contribution in [2.45, 2.75) is 0 Å². The van der Waals surface area contributed by atoms with E-state index in [4.69, 9.17) is 46.4 Å². The van der Waals surface area contributed by atoms with Gasteiger partial charge in [0.2, 0.25) is 11.6 Å². The molecule has 10 heteroatoms. The predicted octanol–water partition coefficient (Wildman–Crippen LogP) is 4.27. The summed E-state index contributed by atoms with van der Waals surface area (Å²) in [7, 11) is 0. The van der Waals surface area contributed by atoms with Crippen LogP contribution in [0, 0.1) is 0 Å². The van der Waals surface area contributed by atoms with E-state index in [1.807, 2.05) is 0 Å². The van der Waals surface area contributed by atoms with E-state index in [0.29, 0.717) is 0 Å². The number of carbonyl (C=O) groups is 6. The van der Waals surface area contributed by atoms with Crippen molar-refractivity contribution in [2.75, 3.05) is 0 Å². The third-order valence-corrected chi connectivity index (χ3v) is 4.38. The molecule has 0 aliphatic carbocycles. The molecule has 2 aromatic carbocycles. The molecule has 0 atom stereocenters. The summed E-state index contributed by atoms with van der Waals surface area (Å²) in [6.45, 7) is 0. The highest BCUT2D eigenvalue weighted by Crippen LogP contribution is 2.19. The highest BCUT2D eigenvalue weighted by Gasteiger charge is 2.23. The number of Topliss-reactive ketones (excluding diaryl/α,β-unsaturated/α-hetero) is 2. The summed E-state index contributed by atoms with van der Waals surface area (Å²) >= 11 is 21.5. The van der Waals surface area contributed by atoms with Gasteiger partial charge >= 0.3 is 0 Å². The molecule has 0 fully saturated rings. The average Bonchev–Trinajstić information content (AvgIpc) is 2.65. The monoisotopic (exact) mass is 458 g/mol. The molecule has 0 aliphatic heterocycles. The minimum absolute atomic E-state index is 0.231. The molecule has 0 amide bonds. The zero-order valence-corrected chi connectivity index (χ0v) is 16.4. The van der Waals surface area contributed by atoms with Gasteiger partial charge in [-0.25, -0.2) is 0 Å². The minimum Gasteiger partial charge on any atom is -0.285 e. The Bertz CT molecular complexity index is 924. The first-order valence-electron chi connectivity index (χ1n) is 7.19. The van der Waals surface area contributed by atoms with Crippen LogP contribution in [0.3, 0.4) is 0 Å². The third kappa shape index (κ3) is 4.91. The van der Waals surface area contributed by atoms with Crippen molar-refractivity contribution in [1.82, 2.24) is 0 Å². The molecule has 0 unspecified atom stereocenters. The van der Waals surface area contributed by atoms with Gasteiger partial charge in [0.25, 0.3) is 21.0 Å². The largest absolute Gasteiger partial charge is 0.285 e.